The van der Waals surface area contributed by atoms with Gasteiger partial charge < -0.3 is 10.2 Å². The number of rotatable bonds is 7. The monoisotopic (exact) mass is 484 g/mol. The molecule has 0 saturated heterocycles. The SMILES string of the molecule is CN(C)c1ccc(NC(=O)CSc2nnc3n(Cc4ccccc4)c(=O)c4ccccc4n23)cc1. The Hall–Kier alpha value is -4.11. The van der Waals surface area contributed by atoms with Gasteiger partial charge in [-0.05, 0) is 42.0 Å². The summed E-state index contributed by atoms with van der Waals surface area (Å²) in [6.45, 7) is 0.375. The summed E-state index contributed by atoms with van der Waals surface area (Å²) >= 11 is 1.28. The van der Waals surface area contributed by atoms with Crippen LogP contribution >= 0.6 is 11.8 Å². The van der Waals surface area contributed by atoms with E-state index in [1.807, 2.05) is 96.2 Å². The first-order valence-electron chi connectivity index (χ1n) is 11.1. The lowest BCUT2D eigenvalue weighted by molar-refractivity contribution is -0.113. The van der Waals surface area contributed by atoms with Gasteiger partial charge in [-0.1, -0.05) is 54.2 Å². The second-order valence-corrected chi connectivity index (χ2v) is 9.23. The highest BCUT2D eigenvalue weighted by molar-refractivity contribution is 7.99. The van der Waals surface area contributed by atoms with E-state index in [0.29, 0.717) is 28.4 Å². The van der Waals surface area contributed by atoms with Crippen LogP contribution in [0.3, 0.4) is 0 Å². The normalized spacial score (nSPS) is 11.1. The van der Waals surface area contributed by atoms with E-state index in [1.54, 1.807) is 10.6 Å². The molecule has 0 unspecified atom stereocenters. The third kappa shape index (κ3) is 4.63. The summed E-state index contributed by atoms with van der Waals surface area (Å²) in [7, 11) is 3.94. The van der Waals surface area contributed by atoms with E-state index in [-0.39, 0.29) is 17.2 Å². The molecule has 0 spiro atoms. The molecule has 0 aliphatic rings. The van der Waals surface area contributed by atoms with Gasteiger partial charge in [0, 0.05) is 25.5 Å². The van der Waals surface area contributed by atoms with Crippen molar-refractivity contribution >= 4 is 45.7 Å². The third-order valence-corrected chi connectivity index (χ3v) is 6.59. The molecular weight excluding hydrogens is 460 g/mol. The summed E-state index contributed by atoms with van der Waals surface area (Å²) in [6, 6.07) is 24.8. The first-order chi connectivity index (χ1) is 17.0. The number of carbonyl (C=O) groups is 1. The van der Waals surface area contributed by atoms with Gasteiger partial charge in [0.05, 0.1) is 23.2 Å². The number of benzene rings is 3. The predicted octanol–water partition coefficient (Wildman–Crippen LogP) is 3.89. The highest BCUT2D eigenvalue weighted by Crippen LogP contribution is 2.23. The van der Waals surface area contributed by atoms with Gasteiger partial charge in [-0.25, -0.2) is 0 Å². The summed E-state index contributed by atoms with van der Waals surface area (Å²) in [5, 5.41) is 12.7. The van der Waals surface area contributed by atoms with Crippen molar-refractivity contribution in [3.05, 3.63) is 94.8 Å². The first-order valence-corrected chi connectivity index (χ1v) is 12.1. The fourth-order valence-electron chi connectivity index (χ4n) is 3.91. The van der Waals surface area contributed by atoms with Crippen molar-refractivity contribution in [1.82, 2.24) is 19.2 Å². The maximum Gasteiger partial charge on any atom is 0.263 e. The van der Waals surface area contributed by atoms with Crippen LogP contribution in [0.2, 0.25) is 0 Å². The molecule has 8 nitrogen and oxygen atoms in total. The minimum absolute atomic E-state index is 0.125. The fraction of sp³-hybridized carbons (Fsp3) is 0.154. The van der Waals surface area contributed by atoms with Crippen LogP contribution in [0.5, 0.6) is 0 Å². The molecule has 0 saturated carbocycles. The van der Waals surface area contributed by atoms with Crippen LogP contribution in [0.1, 0.15) is 5.56 Å². The second-order valence-electron chi connectivity index (χ2n) is 8.29. The van der Waals surface area contributed by atoms with Crippen molar-refractivity contribution in [2.45, 2.75) is 11.7 Å². The first kappa shape index (κ1) is 22.7. The highest BCUT2D eigenvalue weighted by atomic mass is 32.2. The van der Waals surface area contributed by atoms with Gasteiger partial charge in [0.25, 0.3) is 5.56 Å². The van der Waals surface area contributed by atoms with E-state index in [1.165, 1.54) is 11.8 Å². The zero-order valence-corrected chi connectivity index (χ0v) is 20.2. The van der Waals surface area contributed by atoms with E-state index >= 15 is 0 Å². The van der Waals surface area contributed by atoms with Gasteiger partial charge in [-0.2, -0.15) is 0 Å². The van der Waals surface area contributed by atoms with Gasteiger partial charge in [-0.3, -0.25) is 18.6 Å². The molecule has 5 aromatic rings. The van der Waals surface area contributed by atoms with Crippen LogP contribution < -0.4 is 15.8 Å². The summed E-state index contributed by atoms with van der Waals surface area (Å²) < 4.78 is 3.48. The van der Waals surface area contributed by atoms with Crippen molar-refractivity contribution in [3.63, 3.8) is 0 Å². The zero-order chi connectivity index (χ0) is 24.4. The maximum absolute atomic E-state index is 13.3. The van der Waals surface area contributed by atoms with Gasteiger partial charge in [-0.15, -0.1) is 10.2 Å². The number of para-hydroxylation sites is 1. The van der Waals surface area contributed by atoms with E-state index in [2.05, 4.69) is 15.5 Å². The van der Waals surface area contributed by atoms with Crippen LogP contribution in [-0.2, 0) is 11.3 Å². The van der Waals surface area contributed by atoms with Gasteiger partial charge >= 0.3 is 0 Å². The minimum Gasteiger partial charge on any atom is -0.378 e. The molecule has 2 heterocycles. The van der Waals surface area contributed by atoms with Crippen LogP contribution in [0.4, 0.5) is 11.4 Å². The average Bonchev–Trinajstić information content (AvgIpc) is 3.30. The quantitative estimate of drug-likeness (QED) is 0.353. The molecule has 0 atom stereocenters. The number of nitrogens with zero attached hydrogens (tertiary/aromatic N) is 5. The van der Waals surface area contributed by atoms with E-state index in [9.17, 15) is 9.59 Å². The smallest absolute Gasteiger partial charge is 0.263 e. The lowest BCUT2D eigenvalue weighted by atomic mass is 10.2. The van der Waals surface area contributed by atoms with Crippen molar-refractivity contribution < 1.29 is 4.79 Å². The summed E-state index contributed by atoms with van der Waals surface area (Å²) in [4.78, 5) is 27.9. The van der Waals surface area contributed by atoms with E-state index < -0.39 is 0 Å². The molecule has 0 fully saturated rings. The molecule has 0 aliphatic carbocycles. The lowest BCUT2D eigenvalue weighted by Crippen LogP contribution is -2.24. The number of fused-ring (bicyclic) bond motifs is 3. The summed E-state index contributed by atoms with van der Waals surface area (Å²) in [5.41, 5.74) is 3.36. The minimum atomic E-state index is -0.147. The average molecular weight is 485 g/mol. The summed E-state index contributed by atoms with van der Waals surface area (Å²) in [6.07, 6.45) is 0. The zero-order valence-electron chi connectivity index (χ0n) is 19.4. The Balaban J connectivity index is 1.44. The largest absolute Gasteiger partial charge is 0.378 e. The topological polar surface area (TPSA) is 84.5 Å². The molecule has 2 aromatic heterocycles. The van der Waals surface area contributed by atoms with Crippen molar-refractivity contribution in [2.24, 2.45) is 0 Å². The van der Waals surface area contributed by atoms with Crippen molar-refractivity contribution in [1.29, 1.82) is 0 Å². The molecular formula is C26H24N6O2S. The van der Waals surface area contributed by atoms with Crippen LogP contribution in [-0.4, -0.2) is 44.9 Å². The highest BCUT2D eigenvalue weighted by Gasteiger charge is 2.18. The molecule has 5 rings (SSSR count). The standard InChI is InChI=1S/C26H24N6O2S/c1-30(2)20-14-12-19(13-15-20)27-23(33)17-35-26-29-28-25-31(16-18-8-4-3-5-9-18)24(34)21-10-6-7-11-22(21)32(25)26/h3-15H,16-17H2,1-2H3,(H,27,33). The number of carbonyl (C=O) groups excluding carboxylic acids is 1. The maximum atomic E-state index is 13.3. The van der Waals surface area contributed by atoms with Crippen LogP contribution in [0, 0.1) is 0 Å². The Morgan fingerprint density at radius 3 is 2.40 bits per heavy atom. The van der Waals surface area contributed by atoms with Crippen molar-refractivity contribution in [2.75, 3.05) is 30.1 Å². The molecule has 3 aromatic carbocycles. The molecule has 0 aliphatic heterocycles. The Kier molecular flexibility index (Phi) is 6.24. The Morgan fingerprint density at radius 2 is 1.66 bits per heavy atom. The number of thioether (sulfide) groups is 1. The summed E-state index contributed by atoms with van der Waals surface area (Å²) in [5.74, 6) is 0.452. The Bertz CT molecular complexity index is 1560. The number of anilines is 2. The molecule has 176 valence electrons. The molecule has 35 heavy (non-hydrogen) atoms. The Morgan fingerprint density at radius 1 is 0.943 bits per heavy atom. The lowest BCUT2D eigenvalue weighted by Gasteiger charge is -2.13. The number of hydrogen-bond acceptors (Lipinski definition) is 6. The third-order valence-electron chi connectivity index (χ3n) is 5.66. The second kappa shape index (κ2) is 9.63. The van der Waals surface area contributed by atoms with Gasteiger partial charge in [0.15, 0.2) is 5.16 Å². The van der Waals surface area contributed by atoms with Crippen LogP contribution in [0.25, 0.3) is 16.7 Å². The molecule has 0 radical (unpaired) electrons. The predicted molar refractivity (Wildman–Crippen MR) is 140 cm³/mol. The van der Waals surface area contributed by atoms with E-state index in [0.717, 1.165) is 16.9 Å². The van der Waals surface area contributed by atoms with Crippen LogP contribution in [0.15, 0.2) is 88.8 Å². The molecule has 1 N–H and O–H groups in total. The van der Waals surface area contributed by atoms with E-state index in [4.69, 9.17) is 0 Å². The molecule has 1 amide bonds. The van der Waals surface area contributed by atoms with Gasteiger partial charge in [0.2, 0.25) is 11.7 Å². The molecule has 0 bridgehead atoms. The van der Waals surface area contributed by atoms with Gasteiger partial charge in [0.1, 0.15) is 0 Å². The van der Waals surface area contributed by atoms with Crippen molar-refractivity contribution in [3.8, 4) is 0 Å². The number of nitrogens with one attached hydrogen (secondary N) is 1. The fourth-order valence-corrected chi connectivity index (χ4v) is 4.65. The number of hydrogen-bond donors (Lipinski definition) is 1. The molecule has 9 heteroatoms. The number of aromatic nitrogens is 4. The Labute approximate surface area is 206 Å². The number of amides is 1.